The van der Waals surface area contributed by atoms with Crippen LogP contribution in [0.4, 0.5) is 0 Å². The van der Waals surface area contributed by atoms with E-state index in [0.29, 0.717) is 23.8 Å². The van der Waals surface area contributed by atoms with Crippen LogP contribution in [0.15, 0.2) is 36.5 Å². The molecule has 3 heterocycles. The normalized spacial score (nSPS) is 19.4. The van der Waals surface area contributed by atoms with Crippen molar-refractivity contribution in [3.05, 3.63) is 63.9 Å². The first kappa shape index (κ1) is 18.9. The first-order valence-corrected chi connectivity index (χ1v) is 9.89. The molecule has 0 bridgehead atoms. The van der Waals surface area contributed by atoms with Crippen LogP contribution < -0.4 is 5.32 Å². The van der Waals surface area contributed by atoms with Gasteiger partial charge in [-0.3, -0.25) is 9.59 Å². The highest BCUT2D eigenvalue weighted by molar-refractivity contribution is 6.30. The Bertz CT molecular complexity index is 900. The van der Waals surface area contributed by atoms with E-state index in [1.807, 2.05) is 17.0 Å². The second kappa shape index (κ2) is 7.89. The highest BCUT2D eigenvalue weighted by Crippen LogP contribution is 2.21. The molecule has 0 aliphatic carbocycles. The summed E-state index contributed by atoms with van der Waals surface area (Å²) in [6, 6.07) is 9.19. The number of hydrogen-bond acceptors (Lipinski definition) is 4. The van der Waals surface area contributed by atoms with Crippen LogP contribution in [0.3, 0.4) is 0 Å². The average molecular weight is 399 g/mol. The highest BCUT2D eigenvalue weighted by atomic mass is 35.5. The Morgan fingerprint density at radius 3 is 2.82 bits per heavy atom. The molecule has 7 heteroatoms. The van der Waals surface area contributed by atoms with Gasteiger partial charge in [-0.25, -0.2) is 4.98 Å². The molecule has 6 nitrogen and oxygen atoms in total. The minimum atomic E-state index is -0.242. The van der Waals surface area contributed by atoms with Crippen molar-refractivity contribution in [3.63, 3.8) is 0 Å². The lowest BCUT2D eigenvalue weighted by atomic mass is 9.97. The summed E-state index contributed by atoms with van der Waals surface area (Å²) in [7, 11) is 2.11. The third kappa shape index (κ3) is 4.03. The number of likely N-dealkylation sites (N-methyl/N-ethyl adjacent to an activating group) is 1. The van der Waals surface area contributed by atoms with Gasteiger partial charge in [0.2, 0.25) is 0 Å². The molecule has 1 N–H and O–H groups in total. The number of carbonyl (C=O) groups excluding carboxylic acids is 2. The number of pyridine rings is 1. The van der Waals surface area contributed by atoms with Crippen LogP contribution in [-0.4, -0.2) is 59.3 Å². The van der Waals surface area contributed by atoms with Gasteiger partial charge in [-0.1, -0.05) is 17.7 Å². The van der Waals surface area contributed by atoms with E-state index in [4.69, 9.17) is 11.6 Å². The van der Waals surface area contributed by atoms with Crippen LogP contribution in [-0.2, 0) is 13.0 Å². The first-order chi connectivity index (χ1) is 13.5. The van der Waals surface area contributed by atoms with Crippen molar-refractivity contribution in [1.29, 1.82) is 0 Å². The van der Waals surface area contributed by atoms with Gasteiger partial charge in [-0.05, 0) is 55.3 Å². The number of hydrogen-bond donors (Lipinski definition) is 1. The van der Waals surface area contributed by atoms with Crippen molar-refractivity contribution in [3.8, 4) is 0 Å². The van der Waals surface area contributed by atoms with Crippen molar-refractivity contribution in [2.45, 2.75) is 25.4 Å². The summed E-state index contributed by atoms with van der Waals surface area (Å²) < 4.78 is 0. The number of nitrogens with zero attached hydrogens (tertiary/aromatic N) is 3. The fraction of sp³-hybridized carbons (Fsp3) is 0.381. The van der Waals surface area contributed by atoms with Gasteiger partial charge < -0.3 is 15.1 Å². The third-order valence-electron chi connectivity index (χ3n) is 5.43. The molecule has 0 spiro atoms. The smallest absolute Gasteiger partial charge is 0.270 e. The van der Waals surface area contributed by atoms with E-state index in [1.54, 1.807) is 12.1 Å². The Labute approximate surface area is 169 Å². The number of likely N-dealkylation sites (tertiary alicyclic amines) is 1. The maximum atomic E-state index is 12.9. The topological polar surface area (TPSA) is 65.5 Å². The summed E-state index contributed by atoms with van der Waals surface area (Å²) in [4.78, 5) is 33.4. The lowest BCUT2D eigenvalue weighted by Gasteiger charge is -2.25. The van der Waals surface area contributed by atoms with Gasteiger partial charge in [0.1, 0.15) is 5.69 Å². The molecule has 1 fully saturated rings. The average Bonchev–Trinajstić information content (AvgIpc) is 3.16. The maximum absolute atomic E-state index is 12.9. The van der Waals surface area contributed by atoms with Crippen molar-refractivity contribution in [2.24, 2.45) is 0 Å². The number of benzene rings is 1. The van der Waals surface area contributed by atoms with E-state index in [2.05, 4.69) is 28.3 Å². The van der Waals surface area contributed by atoms with E-state index in [9.17, 15) is 9.59 Å². The summed E-state index contributed by atoms with van der Waals surface area (Å²) >= 11 is 5.81. The second-order valence-corrected chi connectivity index (χ2v) is 7.98. The van der Waals surface area contributed by atoms with Crippen LogP contribution in [0.25, 0.3) is 0 Å². The predicted octanol–water partition coefficient (Wildman–Crippen LogP) is 2.37. The Balaban J connectivity index is 1.38. The molecule has 1 aromatic carbocycles. The zero-order valence-electron chi connectivity index (χ0n) is 15.8. The number of fused-ring (bicyclic) bond motifs is 1. The Kier molecular flexibility index (Phi) is 5.33. The van der Waals surface area contributed by atoms with E-state index in [-0.39, 0.29) is 17.9 Å². The summed E-state index contributed by atoms with van der Waals surface area (Å²) in [6.07, 6.45) is 3.16. The van der Waals surface area contributed by atoms with Crippen molar-refractivity contribution < 1.29 is 9.59 Å². The molecule has 28 heavy (non-hydrogen) atoms. The van der Waals surface area contributed by atoms with Crippen LogP contribution in [0, 0.1) is 0 Å². The SMILES string of the molecule is CN1CCc2cc(C(=O)N3CC[C@@H](NC(=O)c4ccc(Cl)cn4)C3)ccc2C1. The maximum Gasteiger partial charge on any atom is 0.270 e. The van der Waals surface area contributed by atoms with Crippen LogP contribution >= 0.6 is 11.6 Å². The lowest BCUT2D eigenvalue weighted by molar-refractivity contribution is 0.0782. The van der Waals surface area contributed by atoms with Gasteiger partial charge in [-0.15, -0.1) is 0 Å². The van der Waals surface area contributed by atoms with E-state index < -0.39 is 0 Å². The monoisotopic (exact) mass is 398 g/mol. The summed E-state index contributed by atoms with van der Waals surface area (Å²) in [5.41, 5.74) is 3.62. The van der Waals surface area contributed by atoms with Crippen molar-refractivity contribution >= 4 is 23.4 Å². The zero-order chi connectivity index (χ0) is 19.7. The summed E-state index contributed by atoms with van der Waals surface area (Å²) in [5.74, 6) is -0.211. The third-order valence-corrected chi connectivity index (χ3v) is 5.65. The fourth-order valence-corrected chi connectivity index (χ4v) is 3.95. The molecule has 0 unspecified atom stereocenters. The van der Waals surface area contributed by atoms with Crippen LogP contribution in [0.1, 0.15) is 38.4 Å². The van der Waals surface area contributed by atoms with Gasteiger partial charge in [0, 0.05) is 44.0 Å². The highest BCUT2D eigenvalue weighted by Gasteiger charge is 2.29. The molecule has 2 aromatic rings. The molecular weight excluding hydrogens is 376 g/mol. The molecule has 1 atom stereocenters. The fourth-order valence-electron chi connectivity index (χ4n) is 3.84. The van der Waals surface area contributed by atoms with Crippen molar-refractivity contribution in [1.82, 2.24) is 20.1 Å². The number of halogens is 1. The largest absolute Gasteiger partial charge is 0.346 e. The molecular formula is C21H23ClN4O2. The standard InChI is InChI=1S/C21H23ClN4O2/c1-25-8-6-14-10-15(2-3-16(14)12-25)21(28)26-9-7-18(13-26)24-20(27)19-5-4-17(22)11-23-19/h2-5,10-11,18H,6-9,12-13H2,1H3,(H,24,27)/t18-/m1/s1. The molecule has 1 saturated heterocycles. The summed E-state index contributed by atoms with van der Waals surface area (Å²) in [6.45, 7) is 3.09. The van der Waals surface area contributed by atoms with Gasteiger partial charge in [0.15, 0.2) is 0 Å². The molecule has 146 valence electrons. The van der Waals surface area contributed by atoms with Crippen molar-refractivity contribution in [2.75, 3.05) is 26.7 Å². The van der Waals surface area contributed by atoms with E-state index in [0.717, 1.165) is 31.5 Å². The van der Waals surface area contributed by atoms with Gasteiger partial charge >= 0.3 is 0 Å². The molecule has 1 aromatic heterocycles. The van der Waals surface area contributed by atoms with Gasteiger partial charge in [0.25, 0.3) is 11.8 Å². The number of carbonyl (C=O) groups is 2. The second-order valence-electron chi connectivity index (χ2n) is 7.54. The van der Waals surface area contributed by atoms with E-state index >= 15 is 0 Å². The summed E-state index contributed by atoms with van der Waals surface area (Å²) in [5, 5.41) is 3.45. The Morgan fingerprint density at radius 2 is 2.04 bits per heavy atom. The number of amides is 2. The molecule has 2 aliphatic heterocycles. The van der Waals surface area contributed by atoms with Crippen LogP contribution in [0.5, 0.6) is 0 Å². The minimum absolute atomic E-state index is 0.0306. The van der Waals surface area contributed by atoms with Gasteiger partial charge in [-0.2, -0.15) is 0 Å². The molecule has 0 saturated carbocycles. The van der Waals surface area contributed by atoms with Gasteiger partial charge in [0.05, 0.1) is 5.02 Å². The Hall–Kier alpha value is -2.44. The number of rotatable bonds is 3. The number of nitrogens with one attached hydrogen (secondary N) is 1. The Morgan fingerprint density at radius 1 is 1.18 bits per heavy atom. The first-order valence-electron chi connectivity index (χ1n) is 9.51. The lowest BCUT2D eigenvalue weighted by Crippen LogP contribution is -2.38. The minimum Gasteiger partial charge on any atom is -0.346 e. The predicted molar refractivity (Wildman–Crippen MR) is 108 cm³/mol. The number of aromatic nitrogens is 1. The molecule has 2 amide bonds. The molecule has 4 rings (SSSR count). The molecule has 2 aliphatic rings. The zero-order valence-corrected chi connectivity index (χ0v) is 16.6. The molecule has 0 radical (unpaired) electrons. The van der Waals surface area contributed by atoms with Crippen LogP contribution in [0.2, 0.25) is 5.02 Å². The van der Waals surface area contributed by atoms with E-state index in [1.165, 1.54) is 17.3 Å². The quantitative estimate of drug-likeness (QED) is 0.862.